The largest absolute Gasteiger partial charge is 0.480 e. The van der Waals surface area contributed by atoms with E-state index in [0.717, 1.165) is 22.3 Å². The number of likely N-dealkylation sites (tertiary alicyclic amines) is 1. The molecule has 1 aliphatic carbocycles. The van der Waals surface area contributed by atoms with Gasteiger partial charge in [-0.15, -0.1) is 0 Å². The van der Waals surface area contributed by atoms with Crippen LogP contribution in [0.25, 0.3) is 11.1 Å². The van der Waals surface area contributed by atoms with Crippen molar-refractivity contribution in [2.45, 2.75) is 30.4 Å². The molecule has 4 rings (SSSR count). The maximum absolute atomic E-state index is 13.7. The van der Waals surface area contributed by atoms with E-state index in [1.807, 2.05) is 48.5 Å². The summed E-state index contributed by atoms with van der Waals surface area (Å²) in [6.45, 7) is -1.32. The highest BCUT2D eigenvalue weighted by atomic mass is 19.3. The number of hydrogen-bond donors (Lipinski definition) is 2. The van der Waals surface area contributed by atoms with E-state index in [1.165, 1.54) is 7.11 Å². The Kier molecular flexibility index (Phi) is 6.52. The van der Waals surface area contributed by atoms with Crippen molar-refractivity contribution in [1.82, 2.24) is 10.2 Å². The summed E-state index contributed by atoms with van der Waals surface area (Å²) in [6, 6.07) is 14.0. The monoisotopic (exact) mass is 474 g/mol. The van der Waals surface area contributed by atoms with Crippen LogP contribution in [0.4, 0.5) is 13.6 Å². The lowest BCUT2D eigenvalue weighted by Gasteiger charge is -2.25. The molecule has 180 valence electrons. The first-order chi connectivity index (χ1) is 16.2. The Bertz CT molecular complexity index is 1060. The normalized spacial score (nSPS) is 19.3. The first-order valence-corrected chi connectivity index (χ1v) is 10.7. The average Bonchev–Trinajstić information content (AvgIpc) is 3.32. The minimum Gasteiger partial charge on any atom is -0.480 e. The Morgan fingerprint density at radius 3 is 2.26 bits per heavy atom. The van der Waals surface area contributed by atoms with Gasteiger partial charge in [0, 0.05) is 19.4 Å². The molecule has 1 heterocycles. The highest BCUT2D eigenvalue weighted by Gasteiger charge is 2.51. The molecule has 0 saturated carbocycles. The molecule has 2 aromatic rings. The number of methoxy groups -OCH3 is 1. The lowest BCUT2D eigenvalue weighted by Crippen LogP contribution is -2.50. The SMILES string of the molecule is COC(CNC(=O)OCC1c2ccccc2-c2ccccc21)C(=O)N1CC(F)(F)C[C@@H]1C(=O)O. The Labute approximate surface area is 194 Å². The molecule has 8 nitrogen and oxygen atoms in total. The van der Waals surface area contributed by atoms with Crippen LogP contribution in [0, 0.1) is 0 Å². The van der Waals surface area contributed by atoms with Gasteiger partial charge in [0.2, 0.25) is 0 Å². The predicted octanol–water partition coefficient (Wildman–Crippen LogP) is 2.86. The van der Waals surface area contributed by atoms with Crippen LogP contribution in [-0.4, -0.2) is 72.9 Å². The fourth-order valence-electron chi connectivity index (χ4n) is 4.55. The molecule has 1 saturated heterocycles. The van der Waals surface area contributed by atoms with Gasteiger partial charge in [-0.1, -0.05) is 48.5 Å². The maximum atomic E-state index is 13.7. The molecule has 0 aromatic heterocycles. The number of amides is 2. The standard InChI is InChI=1S/C24H24F2N2O6/c1-33-20(21(29)28-13-24(25,26)10-19(28)22(30)31)11-27-23(32)34-12-18-16-8-4-2-6-14(16)15-7-3-5-9-17(15)18/h2-9,18-20H,10-13H2,1H3,(H,27,32)(H,30,31)/t19-,20?/m1/s1. The summed E-state index contributed by atoms with van der Waals surface area (Å²) in [4.78, 5) is 36.9. The molecule has 2 amide bonds. The van der Waals surface area contributed by atoms with Crippen LogP contribution in [0.3, 0.4) is 0 Å². The van der Waals surface area contributed by atoms with Crippen LogP contribution >= 0.6 is 0 Å². The Morgan fingerprint density at radius 1 is 1.12 bits per heavy atom. The quantitative estimate of drug-likeness (QED) is 0.640. The number of benzene rings is 2. The van der Waals surface area contributed by atoms with Crippen molar-refractivity contribution < 1.29 is 37.7 Å². The van der Waals surface area contributed by atoms with Crippen molar-refractivity contribution in [3.63, 3.8) is 0 Å². The number of alkyl carbamates (subject to hydrolysis) is 1. The number of ether oxygens (including phenoxy) is 2. The molecule has 34 heavy (non-hydrogen) atoms. The molecule has 2 N–H and O–H groups in total. The van der Waals surface area contributed by atoms with Crippen molar-refractivity contribution in [3.8, 4) is 11.1 Å². The molecule has 0 spiro atoms. The summed E-state index contributed by atoms with van der Waals surface area (Å²) < 4.78 is 37.9. The molecular formula is C24H24F2N2O6. The lowest BCUT2D eigenvalue weighted by molar-refractivity contribution is -0.152. The van der Waals surface area contributed by atoms with E-state index < -0.39 is 49.0 Å². The van der Waals surface area contributed by atoms with Crippen molar-refractivity contribution >= 4 is 18.0 Å². The van der Waals surface area contributed by atoms with E-state index >= 15 is 0 Å². The van der Waals surface area contributed by atoms with Crippen molar-refractivity contribution in [2.75, 3.05) is 26.8 Å². The number of alkyl halides is 2. The number of carboxylic acid groups (broad SMARTS) is 1. The Balaban J connectivity index is 1.36. The third-order valence-electron chi connectivity index (χ3n) is 6.17. The van der Waals surface area contributed by atoms with Crippen molar-refractivity contribution in [1.29, 1.82) is 0 Å². The summed E-state index contributed by atoms with van der Waals surface area (Å²) in [6.07, 6.45) is -3.11. The van der Waals surface area contributed by atoms with Crippen LogP contribution in [0.5, 0.6) is 0 Å². The van der Waals surface area contributed by atoms with Crippen molar-refractivity contribution in [3.05, 3.63) is 59.7 Å². The van der Waals surface area contributed by atoms with E-state index in [9.17, 15) is 28.3 Å². The van der Waals surface area contributed by atoms with Crippen LogP contribution < -0.4 is 5.32 Å². The van der Waals surface area contributed by atoms with E-state index in [0.29, 0.717) is 4.90 Å². The second kappa shape index (κ2) is 9.38. The zero-order valence-electron chi connectivity index (χ0n) is 18.4. The molecule has 1 unspecified atom stereocenters. The van der Waals surface area contributed by atoms with Crippen LogP contribution in [0.15, 0.2) is 48.5 Å². The molecule has 0 bridgehead atoms. The highest BCUT2D eigenvalue weighted by molar-refractivity contribution is 5.88. The van der Waals surface area contributed by atoms with Crippen LogP contribution in [0.1, 0.15) is 23.5 Å². The molecule has 2 aliphatic rings. The number of rotatable bonds is 7. The number of carbonyl (C=O) groups is 3. The molecule has 10 heteroatoms. The van der Waals surface area contributed by atoms with Gasteiger partial charge in [0.1, 0.15) is 12.6 Å². The Hall–Kier alpha value is -3.53. The van der Waals surface area contributed by atoms with Gasteiger partial charge in [-0.25, -0.2) is 18.4 Å². The van der Waals surface area contributed by atoms with Crippen LogP contribution in [0.2, 0.25) is 0 Å². The molecule has 1 fully saturated rings. The summed E-state index contributed by atoms with van der Waals surface area (Å²) in [7, 11) is 1.17. The molecule has 2 aromatic carbocycles. The first-order valence-electron chi connectivity index (χ1n) is 10.7. The summed E-state index contributed by atoms with van der Waals surface area (Å²) in [5, 5.41) is 11.6. The fourth-order valence-corrected chi connectivity index (χ4v) is 4.55. The fraction of sp³-hybridized carbons (Fsp3) is 0.375. The third kappa shape index (κ3) is 4.58. The Morgan fingerprint density at radius 2 is 1.71 bits per heavy atom. The number of carbonyl (C=O) groups excluding carboxylic acids is 2. The topological polar surface area (TPSA) is 105 Å². The lowest BCUT2D eigenvalue weighted by atomic mass is 9.98. The predicted molar refractivity (Wildman–Crippen MR) is 117 cm³/mol. The number of nitrogens with zero attached hydrogens (tertiary/aromatic N) is 1. The van der Waals surface area contributed by atoms with Gasteiger partial charge in [-0.3, -0.25) is 4.79 Å². The number of aliphatic carboxylic acids is 1. The van der Waals surface area contributed by atoms with Crippen molar-refractivity contribution in [2.24, 2.45) is 0 Å². The van der Waals surface area contributed by atoms with Gasteiger partial charge in [-0.2, -0.15) is 0 Å². The van der Waals surface area contributed by atoms with Gasteiger partial charge in [0.15, 0.2) is 6.10 Å². The summed E-state index contributed by atoms with van der Waals surface area (Å²) in [5.74, 6) is -5.92. The van der Waals surface area contributed by atoms with Gasteiger partial charge >= 0.3 is 12.1 Å². The number of hydrogen-bond acceptors (Lipinski definition) is 5. The molecule has 0 radical (unpaired) electrons. The minimum atomic E-state index is -3.31. The number of fused-ring (bicyclic) bond motifs is 3. The summed E-state index contributed by atoms with van der Waals surface area (Å²) >= 11 is 0. The summed E-state index contributed by atoms with van der Waals surface area (Å²) in [5.41, 5.74) is 4.23. The average molecular weight is 474 g/mol. The van der Waals surface area contributed by atoms with E-state index in [-0.39, 0.29) is 19.1 Å². The highest BCUT2D eigenvalue weighted by Crippen LogP contribution is 2.44. The van der Waals surface area contributed by atoms with E-state index in [1.54, 1.807) is 0 Å². The third-order valence-corrected chi connectivity index (χ3v) is 6.17. The van der Waals surface area contributed by atoms with E-state index in [4.69, 9.17) is 9.47 Å². The molecule has 1 aliphatic heterocycles. The smallest absolute Gasteiger partial charge is 0.407 e. The van der Waals surface area contributed by atoms with Gasteiger partial charge in [0.25, 0.3) is 11.8 Å². The van der Waals surface area contributed by atoms with Gasteiger partial charge in [0.05, 0.1) is 13.1 Å². The number of carboxylic acids is 1. The van der Waals surface area contributed by atoms with Crippen LogP contribution in [-0.2, 0) is 19.1 Å². The first kappa shape index (κ1) is 23.6. The molecular weight excluding hydrogens is 450 g/mol. The zero-order valence-corrected chi connectivity index (χ0v) is 18.4. The maximum Gasteiger partial charge on any atom is 0.407 e. The molecule has 2 atom stereocenters. The number of nitrogens with one attached hydrogen (secondary N) is 1. The van der Waals surface area contributed by atoms with E-state index in [2.05, 4.69) is 5.32 Å². The minimum absolute atomic E-state index is 0.0604. The second-order valence-corrected chi connectivity index (χ2v) is 8.31. The second-order valence-electron chi connectivity index (χ2n) is 8.31. The zero-order chi connectivity index (χ0) is 24.5. The van der Waals surface area contributed by atoms with Gasteiger partial charge < -0.3 is 24.8 Å². The number of halogens is 2. The van der Waals surface area contributed by atoms with Gasteiger partial charge in [-0.05, 0) is 22.3 Å².